The van der Waals surface area contributed by atoms with E-state index in [0.717, 1.165) is 23.1 Å². The predicted octanol–water partition coefficient (Wildman–Crippen LogP) is 3.57. The number of carboxylic acid groups (broad SMARTS) is 1. The van der Waals surface area contributed by atoms with E-state index in [1.807, 2.05) is 0 Å². The largest absolute Gasteiger partial charge is 0.491 e. The molecule has 0 aromatic heterocycles. The molecular formula is C13H15ClO3S. The summed E-state index contributed by atoms with van der Waals surface area (Å²) in [6.45, 7) is 2.71. The highest BCUT2D eigenvalue weighted by atomic mass is 35.5. The number of halogens is 1. The van der Waals surface area contributed by atoms with E-state index in [2.05, 4.69) is 6.92 Å². The summed E-state index contributed by atoms with van der Waals surface area (Å²) in [4.78, 5) is 10.4. The molecule has 0 aliphatic rings. The van der Waals surface area contributed by atoms with E-state index in [9.17, 15) is 4.79 Å². The maximum absolute atomic E-state index is 10.4. The Morgan fingerprint density at radius 2 is 2.33 bits per heavy atom. The molecule has 0 unspecified atom stereocenters. The third-order valence-corrected chi connectivity index (χ3v) is 3.22. The van der Waals surface area contributed by atoms with Gasteiger partial charge in [-0.1, -0.05) is 24.6 Å². The summed E-state index contributed by atoms with van der Waals surface area (Å²) in [5, 5.41) is 9.01. The fraction of sp³-hybridized carbons (Fsp3) is 0.308. The first-order chi connectivity index (χ1) is 8.63. The minimum atomic E-state index is -0.983. The third-order valence-electron chi connectivity index (χ3n) is 2.06. The van der Waals surface area contributed by atoms with E-state index in [1.165, 1.54) is 6.08 Å². The molecule has 0 saturated heterocycles. The lowest BCUT2D eigenvalue weighted by Gasteiger charge is -2.08. The molecule has 0 amide bonds. The number of rotatable bonds is 7. The lowest BCUT2D eigenvalue weighted by molar-refractivity contribution is -0.131. The highest BCUT2D eigenvalue weighted by Crippen LogP contribution is 2.26. The zero-order valence-electron chi connectivity index (χ0n) is 10.1. The molecule has 18 heavy (non-hydrogen) atoms. The van der Waals surface area contributed by atoms with E-state index in [-0.39, 0.29) is 0 Å². The van der Waals surface area contributed by atoms with Gasteiger partial charge in [0.15, 0.2) is 0 Å². The topological polar surface area (TPSA) is 46.5 Å². The first kappa shape index (κ1) is 14.9. The summed E-state index contributed by atoms with van der Waals surface area (Å²) in [7, 11) is 0. The van der Waals surface area contributed by atoms with Crippen LogP contribution in [0.5, 0.6) is 5.75 Å². The van der Waals surface area contributed by atoms with Crippen molar-refractivity contribution in [3.63, 3.8) is 0 Å². The van der Waals surface area contributed by atoms with Crippen LogP contribution in [0.25, 0.3) is 6.08 Å². The number of aliphatic carboxylic acids is 1. The molecule has 1 aromatic carbocycles. The smallest absolute Gasteiger partial charge is 0.328 e. The summed E-state index contributed by atoms with van der Waals surface area (Å²) >= 11 is 7.85. The van der Waals surface area contributed by atoms with Crippen LogP contribution in [0, 0.1) is 0 Å². The van der Waals surface area contributed by atoms with E-state index in [0.29, 0.717) is 17.4 Å². The fourth-order valence-electron chi connectivity index (χ4n) is 1.26. The van der Waals surface area contributed by atoms with Crippen molar-refractivity contribution < 1.29 is 14.6 Å². The molecule has 0 saturated carbocycles. The minimum absolute atomic E-state index is 0.490. The molecule has 0 heterocycles. The minimum Gasteiger partial charge on any atom is -0.491 e. The van der Waals surface area contributed by atoms with Crippen LogP contribution in [-0.2, 0) is 4.79 Å². The maximum atomic E-state index is 10.4. The summed E-state index contributed by atoms with van der Waals surface area (Å²) in [6.07, 6.45) is 2.56. The fourth-order valence-corrected chi connectivity index (χ4v) is 1.99. The molecule has 1 N–H and O–H groups in total. The van der Waals surface area contributed by atoms with Crippen molar-refractivity contribution in [1.82, 2.24) is 0 Å². The van der Waals surface area contributed by atoms with Crippen LogP contribution in [0.2, 0.25) is 5.02 Å². The lowest BCUT2D eigenvalue weighted by Crippen LogP contribution is -2.00. The summed E-state index contributed by atoms with van der Waals surface area (Å²) in [5.41, 5.74) is 0.734. The van der Waals surface area contributed by atoms with E-state index < -0.39 is 5.97 Å². The molecule has 0 aliphatic heterocycles. The molecule has 0 atom stereocenters. The standard InChI is InChI=1S/C13H15ClO3S/c1-2-18-8-7-17-12-5-3-10(9-11(12)14)4-6-13(15)16/h3-6,9H,2,7-8H2,1H3,(H,15,16)/b6-4+. The average Bonchev–Trinajstić information content (AvgIpc) is 2.34. The van der Waals surface area contributed by atoms with E-state index in [4.69, 9.17) is 21.4 Å². The van der Waals surface area contributed by atoms with Gasteiger partial charge >= 0.3 is 5.97 Å². The van der Waals surface area contributed by atoms with Gasteiger partial charge < -0.3 is 9.84 Å². The van der Waals surface area contributed by atoms with Crippen molar-refractivity contribution in [3.05, 3.63) is 34.9 Å². The summed E-state index contributed by atoms with van der Waals surface area (Å²) in [6, 6.07) is 5.21. The van der Waals surface area contributed by atoms with Crippen LogP contribution in [0.3, 0.4) is 0 Å². The SMILES string of the molecule is CCSCCOc1ccc(/C=C/C(=O)O)cc1Cl. The second-order valence-corrected chi connectivity index (χ2v) is 5.21. The maximum Gasteiger partial charge on any atom is 0.328 e. The van der Waals surface area contributed by atoms with Gasteiger partial charge in [-0.25, -0.2) is 4.79 Å². The van der Waals surface area contributed by atoms with Crippen LogP contribution in [0.1, 0.15) is 12.5 Å². The molecule has 98 valence electrons. The van der Waals surface area contributed by atoms with Crippen molar-refractivity contribution in [2.24, 2.45) is 0 Å². The molecular weight excluding hydrogens is 272 g/mol. The Kier molecular flexibility index (Phi) is 6.68. The lowest BCUT2D eigenvalue weighted by atomic mass is 10.2. The molecule has 0 radical (unpaired) electrons. The van der Waals surface area contributed by atoms with Gasteiger partial charge in [-0.2, -0.15) is 11.8 Å². The second-order valence-electron chi connectivity index (χ2n) is 3.41. The van der Waals surface area contributed by atoms with E-state index >= 15 is 0 Å². The number of hydrogen-bond donors (Lipinski definition) is 1. The van der Waals surface area contributed by atoms with Crippen molar-refractivity contribution in [1.29, 1.82) is 0 Å². The Morgan fingerprint density at radius 3 is 2.94 bits per heavy atom. The molecule has 0 bridgehead atoms. The van der Waals surface area contributed by atoms with Crippen LogP contribution >= 0.6 is 23.4 Å². The second kappa shape index (κ2) is 8.06. The Balaban J connectivity index is 2.59. The Morgan fingerprint density at radius 1 is 1.56 bits per heavy atom. The molecule has 3 nitrogen and oxygen atoms in total. The highest BCUT2D eigenvalue weighted by molar-refractivity contribution is 7.99. The Hall–Kier alpha value is -1.13. The van der Waals surface area contributed by atoms with Gasteiger partial charge in [0, 0.05) is 11.8 Å². The summed E-state index contributed by atoms with van der Waals surface area (Å²) < 4.78 is 5.53. The van der Waals surface area contributed by atoms with Crippen molar-refractivity contribution >= 4 is 35.4 Å². The monoisotopic (exact) mass is 286 g/mol. The van der Waals surface area contributed by atoms with Crippen molar-refractivity contribution in [3.8, 4) is 5.75 Å². The zero-order valence-corrected chi connectivity index (χ0v) is 11.6. The average molecular weight is 287 g/mol. The van der Waals surface area contributed by atoms with Crippen LogP contribution in [-0.4, -0.2) is 29.2 Å². The molecule has 0 aliphatic carbocycles. The number of carbonyl (C=O) groups is 1. The molecule has 1 rings (SSSR count). The van der Waals surface area contributed by atoms with Gasteiger partial charge in [0.2, 0.25) is 0 Å². The van der Waals surface area contributed by atoms with Crippen molar-refractivity contribution in [2.45, 2.75) is 6.92 Å². The van der Waals surface area contributed by atoms with Crippen LogP contribution in [0.15, 0.2) is 24.3 Å². The van der Waals surface area contributed by atoms with Gasteiger partial charge in [-0.05, 0) is 29.5 Å². The number of thioether (sulfide) groups is 1. The van der Waals surface area contributed by atoms with Gasteiger partial charge in [0.1, 0.15) is 5.75 Å². The number of benzene rings is 1. The number of carboxylic acids is 1. The van der Waals surface area contributed by atoms with Crippen LogP contribution < -0.4 is 4.74 Å². The normalized spacial score (nSPS) is 10.8. The van der Waals surface area contributed by atoms with Crippen molar-refractivity contribution in [2.75, 3.05) is 18.1 Å². The molecule has 0 fully saturated rings. The van der Waals surface area contributed by atoms with Gasteiger partial charge in [-0.3, -0.25) is 0 Å². The molecule has 0 spiro atoms. The number of ether oxygens (including phenoxy) is 1. The molecule has 5 heteroatoms. The van der Waals surface area contributed by atoms with Gasteiger partial charge in [0.25, 0.3) is 0 Å². The summed E-state index contributed by atoms with van der Waals surface area (Å²) in [5.74, 6) is 1.63. The zero-order chi connectivity index (χ0) is 13.4. The Bertz CT molecular complexity index is 432. The Labute approximate surface area is 116 Å². The van der Waals surface area contributed by atoms with E-state index in [1.54, 1.807) is 30.0 Å². The molecule has 1 aromatic rings. The van der Waals surface area contributed by atoms with Gasteiger partial charge in [-0.15, -0.1) is 0 Å². The quantitative estimate of drug-likeness (QED) is 0.615. The third kappa shape index (κ3) is 5.47. The first-order valence-electron chi connectivity index (χ1n) is 5.54. The van der Waals surface area contributed by atoms with Crippen LogP contribution in [0.4, 0.5) is 0 Å². The highest BCUT2D eigenvalue weighted by Gasteiger charge is 2.02. The van der Waals surface area contributed by atoms with Gasteiger partial charge in [0.05, 0.1) is 11.6 Å². The number of hydrogen-bond acceptors (Lipinski definition) is 3. The first-order valence-corrected chi connectivity index (χ1v) is 7.08. The predicted molar refractivity (Wildman–Crippen MR) is 76.6 cm³/mol.